The highest BCUT2D eigenvalue weighted by Gasteiger charge is 2.12. The Morgan fingerprint density at radius 2 is 1.03 bits per heavy atom. The average molecular weight is 493 g/mol. The summed E-state index contributed by atoms with van der Waals surface area (Å²) in [7, 11) is 0. The number of aromatic nitrogens is 2. The van der Waals surface area contributed by atoms with E-state index in [2.05, 4.69) is 36.4 Å². The standard InChI is InChI=1S/C26H18Cl2N2S2/c27-19-7-3-9-21(13-19)31-15-25-26(16-32-22-10-4-8-20(28)14-22)30-24-12-18-6-2-1-5-17(18)11-23(24)29-25/h1-14H,15-16H2. The first kappa shape index (κ1) is 21.6. The molecule has 0 saturated heterocycles. The van der Waals surface area contributed by atoms with Crippen molar-refractivity contribution >= 4 is 68.5 Å². The first-order chi connectivity index (χ1) is 15.6. The second-order valence-corrected chi connectivity index (χ2v) is 10.3. The molecule has 1 aromatic heterocycles. The molecule has 0 amide bonds. The topological polar surface area (TPSA) is 25.8 Å². The second-order valence-electron chi connectivity index (χ2n) is 7.30. The molecule has 1 heterocycles. The number of thioether (sulfide) groups is 2. The summed E-state index contributed by atoms with van der Waals surface area (Å²) in [6.07, 6.45) is 0. The van der Waals surface area contributed by atoms with Crippen LogP contribution in [0.1, 0.15) is 11.4 Å². The van der Waals surface area contributed by atoms with Crippen molar-refractivity contribution in [3.63, 3.8) is 0 Å². The molecule has 2 nitrogen and oxygen atoms in total. The molecular formula is C26H18Cl2N2S2. The summed E-state index contributed by atoms with van der Waals surface area (Å²) in [5.74, 6) is 1.45. The van der Waals surface area contributed by atoms with Gasteiger partial charge in [-0.2, -0.15) is 0 Å². The molecule has 0 unspecified atom stereocenters. The van der Waals surface area contributed by atoms with Crippen molar-refractivity contribution in [3.05, 3.63) is 106 Å². The SMILES string of the molecule is Clc1cccc(SCc2nc3cc4ccccc4cc3nc2CSc2cccc(Cl)c2)c1. The highest BCUT2D eigenvalue weighted by molar-refractivity contribution is 7.99. The summed E-state index contributed by atoms with van der Waals surface area (Å²) in [6, 6.07) is 28.4. The van der Waals surface area contributed by atoms with Crippen LogP contribution in [-0.4, -0.2) is 9.97 Å². The summed E-state index contributed by atoms with van der Waals surface area (Å²) in [5, 5.41) is 3.82. The fraction of sp³-hybridized carbons (Fsp3) is 0.0769. The van der Waals surface area contributed by atoms with E-state index in [0.717, 1.165) is 53.8 Å². The van der Waals surface area contributed by atoms with Crippen molar-refractivity contribution in [2.45, 2.75) is 21.3 Å². The Hall–Kier alpha value is -2.24. The van der Waals surface area contributed by atoms with Gasteiger partial charge >= 0.3 is 0 Å². The fourth-order valence-electron chi connectivity index (χ4n) is 3.46. The molecule has 5 rings (SSSR count). The minimum atomic E-state index is 0.724. The zero-order valence-electron chi connectivity index (χ0n) is 17.0. The quantitative estimate of drug-likeness (QED) is 0.175. The molecule has 0 aliphatic carbocycles. The van der Waals surface area contributed by atoms with Crippen LogP contribution in [0.2, 0.25) is 10.0 Å². The minimum absolute atomic E-state index is 0.724. The third-order valence-corrected chi connectivity index (χ3v) is 7.51. The molecule has 0 aliphatic heterocycles. The summed E-state index contributed by atoms with van der Waals surface area (Å²) in [6.45, 7) is 0. The predicted octanol–water partition coefficient (Wildman–Crippen LogP) is 8.67. The fourth-order valence-corrected chi connectivity index (χ4v) is 5.81. The van der Waals surface area contributed by atoms with Crippen molar-refractivity contribution in [3.8, 4) is 0 Å². The number of fused-ring (bicyclic) bond motifs is 2. The lowest BCUT2D eigenvalue weighted by molar-refractivity contribution is 1.07. The maximum Gasteiger partial charge on any atom is 0.0897 e. The molecule has 0 atom stereocenters. The van der Waals surface area contributed by atoms with E-state index in [1.54, 1.807) is 23.5 Å². The molecule has 6 heteroatoms. The summed E-state index contributed by atoms with van der Waals surface area (Å²) >= 11 is 15.8. The molecule has 5 aromatic rings. The van der Waals surface area contributed by atoms with E-state index in [1.807, 2.05) is 48.5 Å². The molecule has 4 aromatic carbocycles. The number of hydrogen-bond donors (Lipinski definition) is 0. The smallest absolute Gasteiger partial charge is 0.0897 e. The van der Waals surface area contributed by atoms with E-state index >= 15 is 0 Å². The zero-order chi connectivity index (χ0) is 21.9. The van der Waals surface area contributed by atoms with Gasteiger partial charge in [0.25, 0.3) is 0 Å². The lowest BCUT2D eigenvalue weighted by Gasteiger charge is -2.11. The van der Waals surface area contributed by atoms with Gasteiger partial charge in [0.2, 0.25) is 0 Å². The van der Waals surface area contributed by atoms with Gasteiger partial charge in [-0.05, 0) is 59.3 Å². The van der Waals surface area contributed by atoms with Gasteiger partial charge in [0.05, 0.1) is 22.4 Å². The van der Waals surface area contributed by atoms with Crippen molar-refractivity contribution in [2.24, 2.45) is 0 Å². The molecule has 0 aliphatic rings. The molecule has 158 valence electrons. The van der Waals surface area contributed by atoms with Crippen LogP contribution in [0.15, 0.2) is 94.7 Å². The Balaban J connectivity index is 1.51. The number of nitrogens with zero attached hydrogens (tertiary/aromatic N) is 2. The molecule has 0 fully saturated rings. The third-order valence-electron chi connectivity index (χ3n) is 5.03. The lowest BCUT2D eigenvalue weighted by atomic mass is 10.1. The van der Waals surface area contributed by atoms with Crippen molar-refractivity contribution < 1.29 is 0 Å². The van der Waals surface area contributed by atoms with E-state index in [-0.39, 0.29) is 0 Å². The van der Waals surface area contributed by atoms with Crippen LogP contribution in [0.3, 0.4) is 0 Å². The van der Waals surface area contributed by atoms with Crippen LogP contribution in [0.4, 0.5) is 0 Å². The third kappa shape index (κ3) is 5.05. The molecule has 0 radical (unpaired) electrons. The van der Waals surface area contributed by atoms with Gasteiger partial charge < -0.3 is 0 Å². The van der Waals surface area contributed by atoms with Gasteiger partial charge in [-0.3, -0.25) is 0 Å². The molecule has 32 heavy (non-hydrogen) atoms. The van der Waals surface area contributed by atoms with Crippen molar-refractivity contribution in [2.75, 3.05) is 0 Å². The predicted molar refractivity (Wildman–Crippen MR) is 139 cm³/mol. The van der Waals surface area contributed by atoms with E-state index < -0.39 is 0 Å². The first-order valence-corrected chi connectivity index (χ1v) is 12.8. The Labute approximate surface area is 205 Å². The maximum atomic E-state index is 6.17. The zero-order valence-corrected chi connectivity index (χ0v) is 20.1. The van der Waals surface area contributed by atoms with Crippen molar-refractivity contribution in [1.29, 1.82) is 0 Å². The minimum Gasteiger partial charge on any atom is -0.248 e. The number of halogens is 2. The molecule has 0 spiro atoms. The van der Waals surface area contributed by atoms with Crippen LogP contribution in [0.5, 0.6) is 0 Å². The van der Waals surface area contributed by atoms with Gasteiger partial charge in [0, 0.05) is 31.3 Å². The highest BCUT2D eigenvalue weighted by atomic mass is 35.5. The van der Waals surface area contributed by atoms with E-state index in [1.165, 1.54) is 10.8 Å². The summed E-state index contributed by atoms with van der Waals surface area (Å²) in [5.41, 5.74) is 3.82. The highest BCUT2D eigenvalue weighted by Crippen LogP contribution is 2.31. The Morgan fingerprint density at radius 1 is 0.562 bits per heavy atom. The maximum absolute atomic E-state index is 6.17. The summed E-state index contributed by atoms with van der Waals surface area (Å²) in [4.78, 5) is 12.3. The van der Waals surface area contributed by atoms with Gasteiger partial charge in [-0.1, -0.05) is 59.6 Å². The van der Waals surface area contributed by atoms with Crippen molar-refractivity contribution in [1.82, 2.24) is 9.97 Å². The molecule has 0 bridgehead atoms. The van der Waals surface area contributed by atoms with Gasteiger partial charge in [-0.25, -0.2) is 9.97 Å². The summed E-state index contributed by atoms with van der Waals surface area (Å²) < 4.78 is 0. The number of benzene rings is 4. The second kappa shape index (κ2) is 9.72. The first-order valence-electron chi connectivity index (χ1n) is 10.1. The van der Waals surface area contributed by atoms with Crippen LogP contribution < -0.4 is 0 Å². The number of hydrogen-bond acceptors (Lipinski definition) is 4. The lowest BCUT2D eigenvalue weighted by Crippen LogP contribution is -2.01. The van der Waals surface area contributed by atoms with E-state index in [9.17, 15) is 0 Å². The van der Waals surface area contributed by atoms with Crippen LogP contribution in [0, 0.1) is 0 Å². The molecule has 0 N–H and O–H groups in total. The van der Waals surface area contributed by atoms with Gasteiger partial charge in [0.1, 0.15) is 0 Å². The Morgan fingerprint density at radius 3 is 1.47 bits per heavy atom. The van der Waals surface area contributed by atoms with Gasteiger partial charge in [0.15, 0.2) is 0 Å². The largest absolute Gasteiger partial charge is 0.248 e. The molecule has 0 saturated carbocycles. The van der Waals surface area contributed by atoms with Crippen LogP contribution in [0.25, 0.3) is 21.8 Å². The Bertz CT molecular complexity index is 1310. The Kier molecular flexibility index (Phi) is 6.56. The van der Waals surface area contributed by atoms with E-state index in [4.69, 9.17) is 33.2 Å². The molecular weight excluding hydrogens is 475 g/mol. The van der Waals surface area contributed by atoms with E-state index in [0.29, 0.717) is 0 Å². The number of rotatable bonds is 6. The van der Waals surface area contributed by atoms with Crippen LogP contribution >= 0.6 is 46.7 Å². The monoisotopic (exact) mass is 492 g/mol. The van der Waals surface area contributed by atoms with Gasteiger partial charge in [-0.15, -0.1) is 23.5 Å². The normalized spacial score (nSPS) is 11.3. The average Bonchev–Trinajstić information content (AvgIpc) is 2.80. The van der Waals surface area contributed by atoms with Crippen LogP contribution in [-0.2, 0) is 11.5 Å².